The lowest BCUT2D eigenvalue weighted by atomic mass is 10.1. The van der Waals surface area contributed by atoms with Crippen molar-refractivity contribution in [2.75, 3.05) is 0 Å². The average Bonchev–Trinajstić information content (AvgIpc) is 2.37. The highest BCUT2D eigenvalue weighted by atomic mass is 19.4. The summed E-state index contributed by atoms with van der Waals surface area (Å²) in [6.45, 7) is 1.80. The van der Waals surface area contributed by atoms with Crippen LogP contribution in [0.3, 0.4) is 0 Å². The van der Waals surface area contributed by atoms with E-state index >= 15 is 0 Å². The Morgan fingerprint density at radius 2 is 2.05 bits per heavy atom. The second-order valence-electron chi connectivity index (χ2n) is 4.03. The average molecular weight is 269 g/mol. The highest BCUT2D eigenvalue weighted by Crippen LogP contribution is 2.31. The maximum absolute atomic E-state index is 12.8. The Labute approximate surface area is 110 Å². The molecule has 1 amide bonds. The molecular weight excluding hydrogens is 255 g/mol. The van der Waals surface area contributed by atoms with Crippen LogP contribution in [0.4, 0.5) is 13.2 Å². The van der Waals surface area contributed by atoms with Gasteiger partial charge in [-0.05, 0) is 18.6 Å². The highest BCUT2D eigenvalue weighted by molar-refractivity contribution is 5.96. The van der Waals surface area contributed by atoms with Crippen LogP contribution in [0.5, 0.6) is 0 Å². The maximum Gasteiger partial charge on any atom is 0.417 e. The zero-order chi connectivity index (χ0) is 14.5. The summed E-state index contributed by atoms with van der Waals surface area (Å²) in [4.78, 5) is 11.9. The Bertz CT molecular complexity index is 488. The van der Waals surface area contributed by atoms with Gasteiger partial charge in [-0.25, -0.2) is 0 Å². The lowest BCUT2D eigenvalue weighted by Gasteiger charge is -2.17. The number of benzene rings is 1. The van der Waals surface area contributed by atoms with Crippen molar-refractivity contribution in [2.45, 2.75) is 32.0 Å². The molecule has 0 saturated carbocycles. The SMILES string of the molecule is C#CCC(CC)NC(=O)c1ccccc1C(F)(F)F. The maximum atomic E-state index is 12.8. The molecule has 0 radical (unpaired) electrons. The summed E-state index contributed by atoms with van der Waals surface area (Å²) in [5, 5.41) is 2.51. The highest BCUT2D eigenvalue weighted by Gasteiger charge is 2.34. The van der Waals surface area contributed by atoms with Crippen LogP contribution in [0.15, 0.2) is 24.3 Å². The van der Waals surface area contributed by atoms with Crippen molar-refractivity contribution in [1.82, 2.24) is 5.32 Å². The summed E-state index contributed by atoms with van der Waals surface area (Å²) < 4.78 is 38.3. The Hall–Kier alpha value is -1.96. The minimum atomic E-state index is -4.55. The molecule has 1 N–H and O–H groups in total. The largest absolute Gasteiger partial charge is 0.417 e. The molecule has 102 valence electrons. The van der Waals surface area contributed by atoms with Gasteiger partial charge in [0.15, 0.2) is 0 Å². The van der Waals surface area contributed by atoms with E-state index < -0.39 is 17.6 Å². The Morgan fingerprint density at radius 1 is 1.42 bits per heavy atom. The van der Waals surface area contributed by atoms with Crippen LogP contribution in [-0.4, -0.2) is 11.9 Å². The normalized spacial score (nSPS) is 12.6. The van der Waals surface area contributed by atoms with Gasteiger partial charge in [0.2, 0.25) is 0 Å². The summed E-state index contributed by atoms with van der Waals surface area (Å²) in [7, 11) is 0. The molecule has 0 fully saturated rings. The molecule has 0 aliphatic rings. The van der Waals surface area contributed by atoms with E-state index in [4.69, 9.17) is 6.42 Å². The van der Waals surface area contributed by atoms with Crippen LogP contribution in [0.25, 0.3) is 0 Å². The Balaban J connectivity index is 2.98. The number of hydrogen-bond acceptors (Lipinski definition) is 1. The molecule has 0 heterocycles. The number of carbonyl (C=O) groups is 1. The first-order valence-corrected chi connectivity index (χ1v) is 5.80. The molecule has 1 unspecified atom stereocenters. The van der Waals surface area contributed by atoms with Crippen molar-refractivity contribution in [3.05, 3.63) is 35.4 Å². The van der Waals surface area contributed by atoms with E-state index in [0.717, 1.165) is 12.1 Å². The van der Waals surface area contributed by atoms with Crippen molar-refractivity contribution in [3.63, 3.8) is 0 Å². The van der Waals surface area contributed by atoms with Crippen molar-refractivity contribution in [1.29, 1.82) is 0 Å². The van der Waals surface area contributed by atoms with Gasteiger partial charge in [0.1, 0.15) is 0 Å². The fraction of sp³-hybridized carbons (Fsp3) is 0.357. The Morgan fingerprint density at radius 3 is 2.58 bits per heavy atom. The molecule has 0 aliphatic carbocycles. The van der Waals surface area contributed by atoms with Crippen molar-refractivity contribution in [2.24, 2.45) is 0 Å². The van der Waals surface area contributed by atoms with Crippen LogP contribution >= 0.6 is 0 Å². The van der Waals surface area contributed by atoms with Crippen LogP contribution in [0.1, 0.15) is 35.7 Å². The first-order valence-electron chi connectivity index (χ1n) is 5.80. The van der Waals surface area contributed by atoms with E-state index in [1.165, 1.54) is 12.1 Å². The molecule has 1 atom stereocenters. The smallest absolute Gasteiger partial charge is 0.348 e. The fourth-order valence-electron chi connectivity index (χ4n) is 1.63. The lowest BCUT2D eigenvalue weighted by Crippen LogP contribution is -2.35. The van der Waals surface area contributed by atoms with Gasteiger partial charge in [0.05, 0.1) is 11.1 Å². The van der Waals surface area contributed by atoms with E-state index in [2.05, 4.69) is 11.2 Å². The summed E-state index contributed by atoms with van der Waals surface area (Å²) in [5.74, 6) is 1.63. The van der Waals surface area contributed by atoms with Crippen LogP contribution in [-0.2, 0) is 6.18 Å². The molecule has 1 aromatic carbocycles. The number of alkyl halides is 3. The fourth-order valence-corrected chi connectivity index (χ4v) is 1.63. The van der Waals surface area contributed by atoms with Gasteiger partial charge in [0, 0.05) is 12.5 Å². The van der Waals surface area contributed by atoms with Crippen molar-refractivity contribution >= 4 is 5.91 Å². The third-order valence-electron chi connectivity index (χ3n) is 2.67. The lowest BCUT2D eigenvalue weighted by molar-refractivity contribution is -0.137. The van der Waals surface area contributed by atoms with E-state index in [1.807, 2.05) is 0 Å². The Kier molecular flexibility index (Phi) is 4.99. The quantitative estimate of drug-likeness (QED) is 0.835. The van der Waals surface area contributed by atoms with Gasteiger partial charge in [-0.15, -0.1) is 12.3 Å². The number of amides is 1. The second kappa shape index (κ2) is 6.28. The molecule has 0 aromatic heterocycles. The molecule has 1 aromatic rings. The zero-order valence-corrected chi connectivity index (χ0v) is 10.4. The molecule has 2 nitrogen and oxygen atoms in total. The van der Waals surface area contributed by atoms with E-state index in [0.29, 0.717) is 6.42 Å². The molecule has 0 bridgehead atoms. The van der Waals surface area contributed by atoms with Gasteiger partial charge in [-0.2, -0.15) is 13.2 Å². The summed E-state index contributed by atoms with van der Waals surface area (Å²) in [5.41, 5.74) is -1.33. The van der Waals surface area contributed by atoms with Crippen LogP contribution < -0.4 is 5.32 Å². The second-order valence-corrected chi connectivity index (χ2v) is 4.03. The predicted octanol–water partition coefficient (Wildman–Crippen LogP) is 3.24. The van der Waals surface area contributed by atoms with E-state index in [9.17, 15) is 18.0 Å². The number of nitrogens with one attached hydrogen (secondary N) is 1. The molecule has 19 heavy (non-hydrogen) atoms. The van der Waals surface area contributed by atoms with Gasteiger partial charge in [-0.1, -0.05) is 19.1 Å². The number of halogens is 3. The standard InChI is InChI=1S/C14H14F3NO/c1-3-7-10(4-2)18-13(19)11-8-5-6-9-12(11)14(15,16)17/h1,5-6,8-10H,4,7H2,2H3,(H,18,19). The van der Waals surface area contributed by atoms with E-state index in [1.54, 1.807) is 6.92 Å². The minimum Gasteiger partial charge on any atom is -0.348 e. The number of terminal acetylenes is 1. The molecule has 0 saturated heterocycles. The molecule has 1 rings (SSSR count). The third-order valence-corrected chi connectivity index (χ3v) is 2.67. The van der Waals surface area contributed by atoms with Gasteiger partial charge >= 0.3 is 6.18 Å². The minimum absolute atomic E-state index is 0.288. The van der Waals surface area contributed by atoms with Crippen molar-refractivity contribution < 1.29 is 18.0 Å². The topological polar surface area (TPSA) is 29.1 Å². The number of rotatable bonds is 4. The monoisotopic (exact) mass is 269 g/mol. The van der Waals surface area contributed by atoms with Crippen molar-refractivity contribution in [3.8, 4) is 12.3 Å². The molecule has 5 heteroatoms. The third kappa shape index (κ3) is 4.02. The first kappa shape index (κ1) is 15.1. The number of carbonyl (C=O) groups excluding carboxylic acids is 1. The van der Waals surface area contributed by atoms with Crippen LogP contribution in [0.2, 0.25) is 0 Å². The number of hydrogen-bond donors (Lipinski definition) is 1. The summed E-state index contributed by atoms with van der Waals surface area (Å²) >= 11 is 0. The zero-order valence-electron chi connectivity index (χ0n) is 10.4. The summed E-state index contributed by atoms with van der Waals surface area (Å²) in [6, 6.07) is 4.36. The van der Waals surface area contributed by atoms with Gasteiger partial charge in [-0.3, -0.25) is 4.79 Å². The van der Waals surface area contributed by atoms with Gasteiger partial charge < -0.3 is 5.32 Å². The van der Waals surface area contributed by atoms with Gasteiger partial charge in [0.25, 0.3) is 5.91 Å². The van der Waals surface area contributed by atoms with Crippen LogP contribution in [0, 0.1) is 12.3 Å². The summed E-state index contributed by atoms with van der Waals surface area (Å²) in [6.07, 6.45) is 1.43. The van der Waals surface area contributed by atoms with E-state index in [-0.39, 0.29) is 18.0 Å². The molecule has 0 aliphatic heterocycles. The molecular formula is C14H14F3NO. The molecule has 0 spiro atoms. The predicted molar refractivity (Wildman–Crippen MR) is 66.4 cm³/mol. The first-order chi connectivity index (χ1) is 8.90.